The molecule has 0 aliphatic rings. The van der Waals surface area contributed by atoms with Crippen molar-refractivity contribution in [2.75, 3.05) is 6.61 Å². The Morgan fingerprint density at radius 1 is 1.00 bits per heavy atom. The van der Waals surface area contributed by atoms with Crippen molar-refractivity contribution < 1.29 is 13.9 Å². The van der Waals surface area contributed by atoms with Gasteiger partial charge in [0.2, 0.25) is 0 Å². The lowest BCUT2D eigenvalue weighted by Crippen LogP contribution is -2.25. The molecule has 0 aromatic heterocycles. The Labute approximate surface area is 157 Å². The Morgan fingerprint density at radius 2 is 1.74 bits per heavy atom. The van der Waals surface area contributed by atoms with E-state index in [-0.39, 0.29) is 12.4 Å². The fraction of sp³-hybridized carbons (Fsp3) is 0.0909. The minimum absolute atomic E-state index is 0.177. The van der Waals surface area contributed by atoms with Gasteiger partial charge in [0.05, 0.1) is 5.71 Å². The zero-order valence-electron chi connectivity index (χ0n) is 14.9. The molecule has 0 bridgehead atoms. The van der Waals surface area contributed by atoms with Crippen LogP contribution in [0.25, 0.3) is 11.1 Å². The number of amides is 1. The van der Waals surface area contributed by atoms with Crippen LogP contribution >= 0.6 is 0 Å². The van der Waals surface area contributed by atoms with Crippen molar-refractivity contribution in [3.05, 3.63) is 90.2 Å². The molecule has 5 heteroatoms. The predicted octanol–water partition coefficient (Wildman–Crippen LogP) is 4.41. The van der Waals surface area contributed by atoms with Crippen molar-refractivity contribution in [2.24, 2.45) is 5.10 Å². The van der Waals surface area contributed by atoms with E-state index in [0.717, 1.165) is 11.1 Å². The number of hydrogen-bond donors (Lipinski definition) is 1. The summed E-state index contributed by atoms with van der Waals surface area (Å²) in [6.45, 7) is 1.52. The minimum Gasteiger partial charge on any atom is -0.483 e. The van der Waals surface area contributed by atoms with Gasteiger partial charge in [-0.2, -0.15) is 5.10 Å². The first-order valence-corrected chi connectivity index (χ1v) is 8.50. The first-order chi connectivity index (χ1) is 13.1. The zero-order chi connectivity index (χ0) is 19.1. The van der Waals surface area contributed by atoms with Crippen LogP contribution in [0.3, 0.4) is 0 Å². The summed E-state index contributed by atoms with van der Waals surface area (Å²) >= 11 is 0. The Hall–Kier alpha value is -3.47. The third kappa shape index (κ3) is 5.01. The van der Waals surface area contributed by atoms with Crippen LogP contribution < -0.4 is 10.2 Å². The summed E-state index contributed by atoms with van der Waals surface area (Å²) < 4.78 is 18.9. The highest BCUT2D eigenvalue weighted by molar-refractivity contribution is 5.99. The molecule has 0 aliphatic carbocycles. The molecule has 0 saturated carbocycles. The number of hydrogen-bond acceptors (Lipinski definition) is 3. The molecular formula is C22H19FN2O2. The number of benzene rings is 3. The van der Waals surface area contributed by atoms with Crippen LogP contribution in [0.5, 0.6) is 5.75 Å². The molecular weight excluding hydrogens is 343 g/mol. The number of nitrogens with one attached hydrogen (secondary N) is 1. The highest BCUT2D eigenvalue weighted by Gasteiger charge is 2.08. The number of nitrogens with zero attached hydrogens (tertiary/aromatic N) is 1. The number of hydrazone groups is 1. The second-order valence-electron chi connectivity index (χ2n) is 5.89. The van der Waals surface area contributed by atoms with E-state index in [1.54, 1.807) is 19.1 Å². The first-order valence-electron chi connectivity index (χ1n) is 8.50. The second-order valence-corrected chi connectivity index (χ2v) is 5.89. The number of para-hydroxylation sites is 1. The zero-order valence-corrected chi connectivity index (χ0v) is 14.9. The van der Waals surface area contributed by atoms with Crippen molar-refractivity contribution in [2.45, 2.75) is 6.92 Å². The van der Waals surface area contributed by atoms with E-state index < -0.39 is 5.91 Å². The van der Waals surface area contributed by atoms with Crippen LogP contribution in [0.4, 0.5) is 4.39 Å². The molecule has 0 unspecified atom stereocenters. The molecule has 1 amide bonds. The largest absolute Gasteiger partial charge is 0.483 e. The minimum atomic E-state index is -0.395. The summed E-state index contributed by atoms with van der Waals surface area (Å²) in [5, 5.41) is 4.00. The Kier molecular flexibility index (Phi) is 5.94. The maximum absolute atomic E-state index is 13.3. The summed E-state index contributed by atoms with van der Waals surface area (Å²) in [7, 11) is 0. The van der Waals surface area contributed by atoms with Gasteiger partial charge in [-0.25, -0.2) is 9.82 Å². The van der Waals surface area contributed by atoms with Gasteiger partial charge in [0.15, 0.2) is 6.61 Å². The van der Waals surface area contributed by atoms with Crippen LogP contribution in [-0.4, -0.2) is 18.2 Å². The Bertz CT molecular complexity index is 955. The van der Waals surface area contributed by atoms with Gasteiger partial charge in [-0.05, 0) is 30.7 Å². The van der Waals surface area contributed by atoms with Crippen LogP contribution in [0.2, 0.25) is 0 Å². The fourth-order valence-electron chi connectivity index (χ4n) is 2.55. The van der Waals surface area contributed by atoms with Gasteiger partial charge < -0.3 is 4.74 Å². The highest BCUT2D eigenvalue weighted by atomic mass is 19.1. The molecule has 3 aromatic rings. The molecule has 0 heterocycles. The van der Waals surface area contributed by atoms with Gasteiger partial charge in [0, 0.05) is 11.1 Å². The van der Waals surface area contributed by atoms with E-state index >= 15 is 0 Å². The third-order valence-corrected chi connectivity index (χ3v) is 3.92. The van der Waals surface area contributed by atoms with E-state index in [2.05, 4.69) is 10.5 Å². The Balaban J connectivity index is 1.63. The molecule has 27 heavy (non-hydrogen) atoms. The predicted molar refractivity (Wildman–Crippen MR) is 104 cm³/mol. The number of halogens is 1. The molecule has 136 valence electrons. The molecule has 0 aliphatic heterocycles. The lowest BCUT2D eigenvalue weighted by molar-refractivity contribution is -0.123. The van der Waals surface area contributed by atoms with Gasteiger partial charge in [0.1, 0.15) is 11.6 Å². The molecule has 0 saturated heterocycles. The van der Waals surface area contributed by atoms with Gasteiger partial charge in [-0.1, -0.05) is 60.7 Å². The summed E-state index contributed by atoms with van der Waals surface area (Å²) in [6, 6.07) is 23.4. The monoisotopic (exact) mass is 362 g/mol. The average Bonchev–Trinajstić information content (AvgIpc) is 2.71. The van der Waals surface area contributed by atoms with Crippen molar-refractivity contribution in [3.63, 3.8) is 0 Å². The molecule has 1 N–H and O–H groups in total. The van der Waals surface area contributed by atoms with Gasteiger partial charge in [0.25, 0.3) is 5.91 Å². The SMILES string of the molecule is C/C(=N\NC(=O)COc1ccccc1-c1ccccc1)c1cccc(F)c1. The maximum Gasteiger partial charge on any atom is 0.277 e. The van der Waals surface area contributed by atoms with E-state index in [1.807, 2.05) is 54.6 Å². The molecule has 4 nitrogen and oxygen atoms in total. The summed E-state index contributed by atoms with van der Waals surface area (Å²) in [5.74, 6) is -0.132. The van der Waals surface area contributed by atoms with Crippen LogP contribution in [-0.2, 0) is 4.79 Å². The smallest absolute Gasteiger partial charge is 0.277 e. The third-order valence-electron chi connectivity index (χ3n) is 3.92. The van der Waals surface area contributed by atoms with Gasteiger partial charge in [-0.15, -0.1) is 0 Å². The number of rotatable bonds is 6. The quantitative estimate of drug-likeness (QED) is 0.522. The summed E-state index contributed by atoms with van der Waals surface area (Å²) in [5.41, 5.74) is 5.46. The number of carbonyl (C=O) groups is 1. The van der Waals surface area contributed by atoms with Crippen LogP contribution in [0.15, 0.2) is 84.0 Å². The molecule has 3 aromatic carbocycles. The van der Waals surface area contributed by atoms with E-state index in [4.69, 9.17) is 4.74 Å². The molecule has 0 atom stereocenters. The summed E-state index contributed by atoms with van der Waals surface area (Å²) in [6.07, 6.45) is 0. The van der Waals surface area contributed by atoms with E-state index in [1.165, 1.54) is 12.1 Å². The Morgan fingerprint density at radius 3 is 2.52 bits per heavy atom. The highest BCUT2D eigenvalue weighted by Crippen LogP contribution is 2.29. The van der Waals surface area contributed by atoms with Crippen molar-refractivity contribution in [1.29, 1.82) is 0 Å². The molecule has 0 spiro atoms. The van der Waals surface area contributed by atoms with Gasteiger partial charge >= 0.3 is 0 Å². The van der Waals surface area contributed by atoms with E-state index in [0.29, 0.717) is 17.0 Å². The van der Waals surface area contributed by atoms with Crippen molar-refractivity contribution >= 4 is 11.6 Å². The topological polar surface area (TPSA) is 50.7 Å². The van der Waals surface area contributed by atoms with Gasteiger partial charge in [-0.3, -0.25) is 4.79 Å². The lowest BCUT2D eigenvalue weighted by atomic mass is 10.1. The number of ether oxygens (including phenoxy) is 1. The van der Waals surface area contributed by atoms with E-state index in [9.17, 15) is 9.18 Å². The lowest BCUT2D eigenvalue weighted by Gasteiger charge is -2.11. The fourth-order valence-corrected chi connectivity index (χ4v) is 2.55. The van der Waals surface area contributed by atoms with Crippen molar-refractivity contribution in [1.82, 2.24) is 5.43 Å². The number of carbonyl (C=O) groups excluding carboxylic acids is 1. The maximum atomic E-state index is 13.3. The molecule has 0 fully saturated rings. The molecule has 0 radical (unpaired) electrons. The summed E-state index contributed by atoms with van der Waals surface area (Å²) in [4.78, 5) is 12.0. The standard InChI is InChI=1S/C22H19FN2O2/c1-16(18-10-7-11-19(23)14-18)24-25-22(26)15-27-21-13-6-5-12-20(21)17-8-3-2-4-9-17/h2-14H,15H2,1H3,(H,25,26)/b24-16+. The molecule has 3 rings (SSSR count). The second kappa shape index (κ2) is 8.76. The first kappa shape index (κ1) is 18.3. The average molecular weight is 362 g/mol. The van der Waals surface area contributed by atoms with Crippen LogP contribution in [0, 0.1) is 5.82 Å². The van der Waals surface area contributed by atoms with Crippen molar-refractivity contribution in [3.8, 4) is 16.9 Å². The van der Waals surface area contributed by atoms with Crippen LogP contribution in [0.1, 0.15) is 12.5 Å². The normalized spacial score (nSPS) is 11.1.